The molecule has 0 aliphatic heterocycles. The molecule has 0 saturated heterocycles. The van der Waals surface area contributed by atoms with Crippen molar-refractivity contribution in [2.75, 3.05) is 0 Å². The van der Waals surface area contributed by atoms with E-state index < -0.39 is 0 Å². The van der Waals surface area contributed by atoms with Crippen molar-refractivity contribution in [1.82, 2.24) is 0 Å². The Kier molecular flexibility index (Phi) is 2.87. The zero-order valence-corrected chi connectivity index (χ0v) is 9.02. The van der Waals surface area contributed by atoms with Crippen LogP contribution in [-0.2, 0) is 0 Å². The van der Waals surface area contributed by atoms with Gasteiger partial charge in [0.25, 0.3) is 0 Å². The van der Waals surface area contributed by atoms with Crippen molar-refractivity contribution >= 4 is 0 Å². The average molecular weight is 181 g/mol. The van der Waals surface area contributed by atoms with E-state index in [0.29, 0.717) is 0 Å². The molecule has 0 amide bonds. The van der Waals surface area contributed by atoms with E-state index in [1.54, 1.807) is 0 Å². The second-order valence-corrected chi connectivity index (χ2v) is 5.29. The highest BCUT2D eigenvalue weighted by Crippen LogP contribution is 2.36. The Morgan fingerprint density at radius 3 is 2.15 bits per heavy atom. The lowest BCUT2D eigenvalue weighted by atomic mass is 9.85. The summed E-state index contributed by atoms with van der Waals surface area (Å²) < 4.78 is 8.31. The molecule has 1 atom stereocenters. The SMILES string of the molecule is [2H][C@@]1(C)CCC2CCCC(CCC2)C1. The van der Waals surface area contributed by atoms with Crippen molar-refractivity contribution in [3.05, 3.63) is 0 Å². The van der Waals surface area contributed by atoms with Gasteiger partial charge in [-0.05, 0) is 24.2 Å². The third kappa shape index (κ3) is 2.72. The third-order valence-electron chi connectivity index (χ3n) is 4.07. The van der Waals surface area contributed by atoms with Crippen LogP contribution in [0.25, 0.3) is 0 Å². The summed E-state index contributed by atoms with van der Waals surface area (Å²) in [7, 11) is 0. The first-order valence-corrected chi connectivity index (χ1v) is 6.16. The zero-order chi connectivity index (χ0) is 10.0. The van der Waals surface area contributed by atoms with Gasteiger partial charge in [-0.25, -0.2) is 0 Å². The van der Waals surface area contributed by atoms with Gasteiger partial charge >= 0.3 is 0 Å². The van der Waals surface area contributed by atoms with Gasteiger partial charge in [-0.15, -0.1) is 0 Å². The lowest BCUT2D eigenvalue weighted by Gasteiger charge is -2.21. The van der Waals surface area contributed by atoms with E-state index in [0.717, 1.165) is 18.3 Å². The van der Waals surface area contributed by atoms with E-state index in [9.17, 15) is 0 Å². The van der Waals surface area contributed by atoms with E-state index >= 15 is 0 Å². The van der Waals surface area contributed by atoms with Crippen LogP contribution in [0.5, 0.6) is 0 Å². The van der Waals surface area contributed by atoms with E-state index in [1.165, 1.54) is 51.4 Å². The molecule has 0 N–H and O–H groups in total. The second-order valence-electron chi connectivity index (χ2n) is 5.29. The summed E-state index contributed by atoms with van der Waals surface area (Å²) in [6.07, 6.45) is 12.2. The molecule has 3 aliphatic carbocycles. The predicted octanol–water partition coefficient (Wildman–Crippen LogP) is 4.39. The minimum atomic E-state index is -0.113. The Bertz CT molecular complexity index is 176. The lowest BCUT2D eigenvalue weighted by molar-refractivity contribution is 0.314. The third-order valence-corrected chi connectivity index (χ3v) is 4.07. The summed E-state index contributed by atoms with van der Waals surface area (Å²) in [5, 5.41) is 0. The molecule has 2 bridgehead atoms. The van der Waals surface area contributed by atoms with Crippen LogP contribution in [0.15, 0.2) is 0 Å². The molecule has 0 unspecified atom stereocenters. The normalized spacial score (nSPS) is 48.5. The minimum Gasteiger partial charge on any atom is -0.0625 e. The van der Waals surface area contributed by atoms with Crippen molar-refractivity contribution in [3.63, 3.8) is 0 Å². The van der Waals surface area contributed by atoms with Crippen LogP contribution in [-0.4, -0.2) is 0 Å². The molecule has 0 heterocycles. The maximum Gasteiger partial charge on any atom is 0.0300 e. The molecule has 13 heavy (non-hydrogen) atoms. The van der Waals surface area contributed by atoms with Gasteiger partial charge in [0.05, 0.1) is 0 Å². The molecule has 0 aromatic rings. The summed E-state index contributed by atoms with van der Waals surface area (Å²) in [6, 6.07) is 0. The summed E-state index contributed by atoms with van der Waals surface area (Å²) in [6.45, 7) is 2.16. The van der Waals surface area contributed by atoms with Gasteiger partial charge in [-0.2, -0.15) is 0 Å². The number of hydrogen-bond acceptors (Lipinski definition) is 0. The van der Waals surface area contributed by atoms with Crippen molar-refractivity contribution in [3.8, 4) is 0 Å². The Morgan fingerprint density at radius 2 is 1.46 bits per heavy atom. The van der Waals surface area contributed by atoms with Crippen LogP contribution >= 0.6 is 0 Å². The number of rotatable bonds is 0. The topological polar surface area (TPSA) is 0 Å². The minimum absolute atomic E-state index is 0.113. The molecule has 0 nitrogen and oxygen atoms in total. The van der Waals surface area contributed by atoms with Gasteiger partial charge in [0.15, 0.2) is 0 Å². The first-order valence-electron chi connectivity index (χ1n) is 6.66. The van der Waals surface area contributed by atoms with E-state index in [-0.39, 0.29) is 5.89 Å². The molecule has 0 aromatic carbocycles. The van der Waals surface area contributed by atoms with Crippen molar-refractivity contribution in [2.24, 2.45) is 17.7 Å². The molecule has 0 radical (unpaired) electrons. The molecule has 3 fully saturated rings. The summed E-state index contributed by atoms with van der Waals surface area (Å²) in [5.41, 5.74) is 0. The highest BCUT2D eigenvalue weighted by Gasteiger charge is 2.22. The molecule has 3 rings (SSSR count). The highest BCUT2D eigenvalue weighted by atomic mass is 14.3. The maximum absolute atomic E-state index is 8.31. The van der Waals surface area contributed by atoms with Gasteiger partial charge < -0.3 is 0 Å². The molecular formula is C13H24. The van der Waals surface area contributed by atoms with Crippen LogP contribution in [0, 0.1) is 17.7 Å². The molecule has 0 spiro atoms. The average Bonchev–Trinajstić information content (AvgIpc) is 2.16. The maximum atomic E-state index is 8.31. The van der Waals surface area contributed by atoms with Crippen molar-refractivity contribution in [2.45, 2.75) is 64.7 Å². The molecular weight excluding hydrogens is 156 g/mol. The van der Waals surface area contributed by atoms with E-state index in [4.69, 9.17) is 1.37 Å². The summed E-state index contributed by atoms with van der Waals surface area (Å²) >= 11 is 0. The van der Waals surface area contributed by atoms with Gasteiger partial charge in [-0.3, -0.25) is 0 Å². The van der Waals surface area contributed by atoms with Crippen LogP contribution in [0.2, 0.25) is 0 Å². The Balaban J connectivity index is 2.08. The fourth-order valence-corrected chi connectivity index (χ4v) is 3.22. The molecule has 0 heteroatoms. The Labute approximate surface area is 84.5 Å². The molecule has 0 aromatic heterocycles. The van der Waals surface area contributed by atoms with Crippen LogP contribution in [0.4, 0.5) is 0 Å². The predicted molar refractivity (Wildman–Crippen MR) is 57.7 cm³/mol. The Hall–Kier alpha value is 0. The highest BCUT2D eigenvalue weighted by molar-refractivity contribution is 4.74. The molecule has 3 aliphatic rings. The smallest absolute Gasteiger partial charge is 0.0300 e. The number of fused-ring (bicyclic) bond motifs is 7. The molecule has 3 saturated carbocycles. The number of hydrogen-bond donors (Lipinski definition) is 0. The quantitative estimate of drug-likeness (QED) is 0.520. The van der Waals surface area contributed by atoms with E-state index in [1.807, 2.05) is 0 Å². The summed E-state index contributed by atoms with van der Waals surface area (Å²) in [4.78, 5) is 0. The van der Waals surface area contributed by atoms with Crippen LogP contribution in [0.1, 0.15) is 66.1 Å². The van der Waals surface area contributed by atoms with Gasteiger partial charge in [0.1, 0.15) is 0 Å². The largest absolute Gasteiger partial charge is 0.0625 e. The van der Waals surface area contributed by atoms with E-state index in [2.05, 4.69) is 6.92 Å². The van der Waals surface area contributed by atoms with Gasteiger partial charge in [-0.1, -0.05) is 58.3 Å². The van der Waals surface area contributed by atoms with Crippen molar-refractivity contribution < 1.29 is 1.37 Å². The fourth-order valence-electron chi connectivity index (χ4n) is 3.22. The molecule has 76 valence electrons. The van der Waals surface area contributed by atoms with Crippen molar-refractivity contribution in [1.29, 1.82) is 0 Å². The van der Waals surface area contributed by atoms with Gasteiger partial charge in [0.2, 0.25) is 0 Å². The summed E-state index contributed by atoms with van der Waals surface area (Å²) in [5.74, 6) is 1.72. The van der Waals surface area contributed by atoms with Gasteiger partial charge in [0, 0.05) is 1.37 Å². The lowest BCUT2D eigenvalue weighted by Crippen LogP contribution is -2.07. The van der Waals surface area contributed by atoms with Crippen LogP contribution in [0.3, 0.4) is 0 Å². The standard InChI is InChI=1S/C13H24/c1-11-8-9-12-4-2-6-13(10-11)7-3-5-12/h11-13H,2-10H2,1H3/t11-,12?,13?/m1/s1/i11D. The first-order chi connectivity index (χ1) is 6.66. The Morgan fingerprint density at radius 1 is 0.846 bits per heavy atom. The monoisotopic (exact) mass is 181 g/mol. The van der Waals surface area contributed by atoms with Crippen LogP contribution < -0.4 is 0 Å². The second kappa shape index (κ2) is 4.48. The first kappa shape index (κ1) is 8.32. The fraction of sp³-hybridized carbons (Fsp3) is 1.00. The zero-order valence-electron chi connectivity index (χ0n) is 10.0.